The molecule has 1 radical (unpaired) electrons. The van der Waals surface area contributed by atoms with Gasteiger partial charge in [-0.25, -0.2) is 4.99 Å². The van der Waals surface area contributed by atoms with Crippen molar-refractivity contribution >= 4 is 11.9 Å². The van der Waals surface area contributed by atoms with Crippen LogP contribution in [0.25, 0.3) is 0 Å². The largest absolute Gasteiger partial charge is 1.00 e. The number of nitrogens with two attached hydrogens (primary N) is 1. The molecule has 4 nitrogen and oxygen atoms in total. The molecule has 2 fully saturated rings. The third-order valence-electron chi connectivity index (χ3n) is 6.07. The minimum Gasteiger partial charge on any atom is -0.369 e. The van der Waals surface area contributed by atoms with Crippen LogP contribution in [0, 0.1) is 18.8 Å². The first-order valence-electron chi connectivity index (χ1n) is 11.4. The van der Waals surface area contributed by atoms with Crippen LogP contribution in [0.2, 0.25) is 0 Å². The van der Waals surface area contributed by atoms with Crippen LogP contribution in [0.15, 0.2) is 4.99 Å². The molecule has 3 aliphatic rings. The number of likely N-dealkylation sites (N-methyl/N-ethyl adjacent to an activating group) is 1. The Kier molecular flexibility index (Phi) is 16.1. The van der Waals surface area contributed by atoms with Gasteiger partial charge in [0.15, 0.2) is 5.96 Å². The third kappa shape index (κ3) is 10.9. The maximum atomic E-state index is 11.7. The number of carbonyl (C=O) groups excluding carboxylic acids is 1. The quantitative estimate of drug-likeness (QED) is 0.442. The first-order valence-corrected chi connectivity index (χ1v) is 11.4. The second kappa shape index (κ2) is 16.4. The van der Waals surface area contributed by atoms with Crippen LogP contribution >= 0.6 is 0 Å². The van der Waals surface area contributed by atoms with E-state index < -0.39 is 0 Å². The fourth-order valence-electron chi connectivity index (χ4n) is 4.00. The molecule has 28 heavy (non-hydrogen) atoms. The van der Waals surface area contributed by atoms with Gasteiger partial charge < -0.3 is 12.7 Å². The van der Waals surface area contributed by atoms with E-state index in [9.17, 15) is 4.79 Å². The van der Waals surface area contributed by atoms with E-state index in [1.165, 1.54) is 75.5 Å². The molecule has 1 aliphatic heterocycles. The molecule has 1 amide bonds. The second-order valence-electron chi connectivity index (χ2n) is 8.58. The number of hydrogen-bond acceptors (Lipinski definition) is 3. The fourth-order valence-corrected chi connectivity index (χ4v) is 4.00. The predicted molar refractivity (Wildman–Crippen MR) is 117 cm³/mol. The second-order valence-corrected chi connectivity index (χ2v) is 8.58. The first-order chi connectivity index (χ1) is 13.0. The molecular weight excluding hydrogens is 525 g/mol. The number of nitrogens with zero attached hydrogens (tertiary/aromatic N) is 2. The molecule has 1 heterocycles. The van der Waals surface area contributed by atoms with Crippen LogP contribution in [-0.4, -0.2) is 29.9 Å². The van der Waals surface area contributed by atoms with Crippen molar-refractivity contribution in [2.75, 3.05) is 7.05 Å². The summed E-state index contributed by atoms with van der Waals surface area (Å²) in [5.74, 6) is 2.28. The van der Waals surface area contributed by atoms with Crippen molar-refractivity contribution in [3.05, 3.63) is 6.92 Å². The monoisotopic (exact) mass is 570 g/mol. The predicted octanol–water partition coefficient (Wildman–Crippen LogP) is 5.71. The summed E-state index contributed by atoms with van der Waals surface area (Å²) in [7, 11) is 1.70. The fraction of sp³-hybridized carbons (Fsp3) is 0.870. The van der Waals surface area contributed by atoms with E-state index in [1.807, 2.05) is 0 Å². The van der Waals surface area contributed by atoms with Crippen LogP contribution < -0.4 is 5.73 Å². The summed E-state index contributed by atoms with van der Waals surface area (Å²) in [4.78, 5) is 17.4. The van der Waals surface area contributed by atoms with Gasteiger partial charge in [-0.3, -0.25) is 9.69 Å². The van der Waals surface area contributed by atoms with Crippen molar-refractivity contribution < 1.29 is 24.6 Å². The van der Waals surface area contributed by atoms with Gasteiger partial charge in [-0.2, -0.15) is 6.42 Å². The van der Waals surface area contributed by atoms with Gasteiger partial charge in [0.25, 0.3) is 5.91 Å². The molecule has 0 aromatic heterocycles. The van der Waals surface area contributed by atoms with E-state index in [-0.39, 0.29) is 31.7 Å². The maximum absolute atomic E-state index is 11.7. The molecule has 1 unspecified atom stereocenters. The average molecular weight is 569 g/mol. The summed E-state index contributed by atoms with van der Waals surface area (Å²) in [5.41, 5.74) is 5.62. The number of amides is 1. The molecular formula is C23H44N3OOs. The Balaban J connectivity index is 0.000000506. The summed E-state index contributed by atoms with van der Waals surface area (Å²) in [6.07, 6.45) is 18.5. The van der Waals surface area contributed by atoms with E-state index >= 15 is 0 Å². The van der Waals surface area contributed by atoms with Gasteiger partial charge in [0.1, 0.15) is 6.04 Å². The number of unbranched alkanes of at least 4 members (excludes halogenated alkanes) is 1. The van der Waals surface area contributed by atoms with Crippen molar-refractivity contribution in [2.45, 2.75) is 110 Å². The van der Waals surface area contributed by atoms with Gasteiger partial charge in [-0.05, 0) is 24.7 Å². The van der Waals surface area contributed by atoms with Crippen molar-refractivity contribution in [3.8, 4) is 0 Å². The average Bonchev–Trinajstić information content (AvgIpc) is 2.95. The van der Waals surface area contributed by atoms with Gasteiger partial charge in [0.2, 0.25) is 0 Å². The Morgan fingerprint density at radius 2 is 1.54 bits per heavy atom. The van der Waals surface area contributed by atoms with Crippen LogP contribution in [0.1, 0.15) is 104 Å². The molecule has 0 aromatic carbocycles. The van der Waals surface area contributed by atoms with E-state index in [1.54, 1.807) is 7.05 Å². The van der Waals surface area contributed by atoms with Gasteiger partial charge >= 0.3 is 19.8 Å². The Hall–Kier alpha value is -0.424. The van der Waals surface area contributed by atoms with Gasteiger partial charge in [-0.1, -0.05) is 84.5 Å². The normalized spacial score (nSPS) is 23.0. The minimum atomic E-state index is -0.202. The first kappa shape index (κ1) is 27.6. The molecule has 0 aromatic rings. The van der Waals surface area contributed by atoms with E-state index in [0.29, 0.717) is 5.96 Å². The van der Waals surface area contributed by atoms with Gasteiger partial charge in [0, 0.05) is 7.05 Å². The van der Waals surface area contributed by atoms with E-state index in [4.69, 9.17) is 5.73 Å². The number of aliphatic imine (C=N–C) groups is 1. The zero-order valence-electron chi connectivity index (χ0n) is 18.6. The number of guanidine groups is 1. The molecule has 2 N–H and O–H groups in total. The van der Waals surface area contributed by atoms with E-state index in [0.717, 1.165) is 31.1 Å². The van der Waals surface area contributed by atoms with Crippen LogP contribution in [0.5, 0.6) is 0 Å². The minimum absolute atomic E-state index is 0. The standard InChI is InChI=1S/C12H21N3O.C7H14.C4H9.Os/c1-15-11(16)10(14-12(15)13)8-7-9-5-3-2-4-6-9;1-7-5-3-2-4-6-7;1-3-4-2;/h9-10H,2-8H2,1H3,(H2,13,14);7H,2-6H2,1H3;1,3-4H2,2H3;/q;;-1;+1. The maximum Gasteiger partial charge on any atom is 1.00 e. The van der Waals surface area contributed by atoms with Gasteiger partial charge in [-0.15, -0.1) is 0 Å². The molecule has 0 spiro atoms. The van der Waals surface area contributed by atoms with Crippen LogP contribution in [-0.2, 0) is 24.6 Å². The van der Waals surface area contributed by atoms with Crippen molar-refractivity contribution in [3.63, 3.8) is 0 Å². The molecule has 2 aliphatic carbocycles. The molecule has 2 saturated carbocycles. The van der Waals surface area contributed by atoms with Gasteiger partial charge in [0.05, 0.1) is 0 Å². The Morgan fingerprint density at radius 3 is 1.89 bits per heavy atom. The van der Waals surface area contributed by atoms with Crippen molar-refractivity contribution in [1.82, 2.24) is 4.90 Å². The van der Waals surface area contributed by atoms with Crippen molar-refractivity contribution in [2.24, 2.45) is 22.6 Å². The third-order valence-corrected chi connectivity index (χ3v) is 6.07. The SMILES string of the molecule is CC1CCCCC1.CN1C(=O)C(CCC2CCCCC2)N=C1N.[CH2-]CCC.[Os+]. The zero-order chi connectivity index (χ0) is 20.1. The summed E-state index contributed by atoms with van der Waals surface area (Å²) < 4.78 is 0. The number of rotatable bonds is 4. The molecule has 3 rings (SSSR count). The Bertz CT molecular complexity index is 428. The topological polar surface area (TPSA) is 58.7 Å². The number of hydrogen-bond donors (Lipinski definition) is 1. The van der Waals surface area contributed by atoms with Crippen LogP contribution in [0.3, 0.4) is 0 Å². The molecule has 0 saturated heterocycles. The zero-order valence-corrected chi connectivity index (χ0v) is 21.1. The Labute approximate surface area is 187 Å². The molecule has 1 atom stereocenters. The summed E-state index contributed by atoms with van der Waals surface area (Å²) >= 11 is 0. The molecule has 5 heteroatoms. The summed E-state index contributed by atoms with van der Waals surface area (Å²) in [6, 6.07) is -0.202. The number of carbonyl (C=O) groups is 1. The summed E-state index contributed by atoms with van der Waals surface area (Å²) in [5, 5.41) is 0. The van der Waals surface area contributed by atoms with E-state index in [2.05, 4.69) is 25.8 Å². The molecule has 165 valence electrons. The van der Waals surface area contributed by atoms with Crippen LogP contribution in [0.4, 0.5) is 0 Å². The van der Waals surface area contributed by atoms with Crippen molar-refractivity contribution in [1.29, 1.82) is 0 Å². The smallest absolute Gasteiger partial charge is 0.369 e. The molecule has 0 bridgehead atoms. The summed E-state index contributed by atoms with van der Waals surface area (Å²) in [6.45, 7) is 8.08. The Morgan fingerprint density at radius 1 is 1.04 bits per heavy atom.